The van der Waals surface area contributed by atoms with Gasteiger partial charge in [0.25, 0.3) is 5.91 Å². The van der Waals surface area contributed by atoms with E-state index in [4.69, 9.17) is 9.63 Å². The smallest absolute Gasteiger partial charge is 0.325 e. The first-order chi connectivity index (χ1) is 9.45. The fourth-order valence-corrected chi connectivity index (χ4v) is 1.50. The van der Waals surface area contributed by atoms with Crippen molar-refractivity contribution in [3.05, 3.63) is 29.8 Å². The van der Waals surface area contributed by atoms with Crippen LogP contribution in [0.25, 0.3) is 0 Å². The van der Waals surface area contributed by atoms with Gasteiger partial charge in [-0.25, -0.2) is 0 Å². The molecule has 8 nitrogen and oxygen atoms in total. The molecular weight excluding hydrogens is 264 g/mol. The summed E-state index contributed by atoms with van der Waals surface area (Å²) in [7, 11) is 0. The number of rotatable bonds is 5. The van der Waals surface area contributed by atoms with Gasteiger partial charge in [0.1, 0.15) is 6.54 Å². The molecule has 0 bridgehead atoms. The molecule has 0 saturated carbocycles. The number of carbonyl (C=O) groups is 2. The maximum atomic E-state index is 11.9. The number of carboxylic acid groups (broad SMARTS) is 1. The largest absolute Gasteiger partial charge is 0.480 e. The van der Waals surface area contributed by atoms with Crippen molar-refractivity contribution in [3.63, 3.8) is 0 Å². The molecule has 1 amide bonds. The van der Waals surface area contributed by atoms with Crippen LogP contribution in [0, 0.1) is 0 Å². The normalized spacial score (nSPS) is 10.8. The van der Waals surface area contributed by atoms with Crippen molar-refractivity contribution in [2.45, 2.75) is 26.3 Å². The molecule has 0 fully saturated rings. The van der Waals surface area contributed by atoms with Crippen LogP contribution in [0.15, 0.2) is 22.9 Å². The summed E-state index contributed by atoms with van der Waals surface area (Å²) in [4.78, 5) is 22.4. The summed E-state index contributed by atoms with van der Waals surface area (Å²) < 4.78 is 6.15. The van der Waals surface area contributed by atoms with Gasteiger partial charge in [-0.1, -0.05) is 19.0 Å². The molecule has 0 aromatic carbocycles. The van der Waals surface area contributed by atoms with Crippen molar-refractivity contribution in [2.24, 2.45) is 0 Å². The van der Waals surface area contributed by atoms with E-state index >= 15 is 0 Å². The molecule has 0 aliphatic heterocycles. The highest BCUT2D eigenvalue weighted by Crippen LogP contribution is 2.15. The third-order valence-electron chi connectivity index (χ3n) is 2.52. The summed E-state index contributed by atoms with van der Waals surface area (Å²) in [5.41, 5.74) is 0.687. The molecule has 2 aromatic heterocycles. The van der Waals surface area contributed by atoms with Gasteiger partial charge in [-0.15, -0.1) is 0 Å². The second-order valence-electron chi connectivity index (χ2n) is 4.52. The summed E-state index contributed by atoms with van der Waals surface area (Å²) in [5.74, 6) is -0.997. The first-order valence-electron chi connectivity index (χ1n) is 5.99. The average molecular weight is 278 g/mol. The number of aromatic nitrogens is 3. The summed E-state index contributed by atoms with van der Waals surface area (Å²) in [6.07, 6.45) is 1.46. The summed E-state index contributed by atoms with van der Waals surface area (Å²) in [6, 6.07) is 3.06. The average Bonchev–Trinajstić information content (AvgIpc) is 2.97. The Morgan fingerprint density at radius 1 is 1.50 bits per heavy atom. The molecule has 0 unspecified atom stereocenters. The standard InChI is InChI=1S/C12H14N4O4/c1-7(2)8-5-9(20-15-8)12(19)13-10-3-4-16(14-10)6-11(17)18/h3-5,7H,6H2,1-2H3,(H,17,18)(H,13,14,19). The van der Waals surface area contributed by atoms with E-state index in [1.165, 1.54) is 16.9 Å². The Balaban J connectivity index is 2.03. The molecule has 2 rings (SSSR count). The van der Waals surface area contributed by atoms with Crippen molar-refractivity contribution in [3.8, 4) is 0 Å². The van der Waals surface area contributed by atoms with Gasteiger partial charge < -0.3 is 14.9 Å². The Morgan fingerprint density at radius 2 is 2.25 bits per heavy atom. The van der Waals surface area contributed by atoms with Crippen LogP contribution < -0.4 is 5.32 Å². The topological polar surface area (TPSA) is 110 Å². The van der Waals surface area contributed by atoms with Gasteiger partial charge in [0, 0.05) is 18.3 Å². The minimum atomic E-state index is -1.01. The molecule has 106 valence electrons. The quantitative estimate of drug-likeness (QED) is 0.853. The van der Waals surface area contributed by atoms with Crippen molar-refractivity contribution in [2.75, 3.05) is 5.32 Å². The molecule has 2 heterocycles. The van der Waals surface area contributed by atoms with Crippen LogP contribution in [0.5, 0.6) is 0 Å². The molecule has 0 atom stereocenters. The van der Waals surface area contributed by atoms with Crippen LogP contribution in [0.1, 0.15) is 36.0 Å². The lowest BCUT2D eigenvalue weighted by Crippen LogP contribution is -2.13. The van der Waals surface area contributed by atoms with Crippen LogP contribution in [0.4, 0.5) is 5.82 Å². The Hall–Kier alpha value is -2.64. The van der Waals surface area contributed by atoms with Crippen molar-refractivity contribution in [1.82, 2.24) is 14.9 Å². The number of aliphatic carboxylic acids is 1. The lowest BCUT2D eigenvalue weighted by molar-refractivity contribution is -0.137. The predicted octanol–water partition coefficient (Wildman–Crippen LogP) is 1.33. The Morgan fingerprint density at radius 3 is 2.85 bits per heavy atom. The number of hydrogen-bond donors (Lipinski definition) is 2. The summed E-state index contributed by atoms with van der Waals surface area (Å²) in [5, 5.41) is 18.8. The second kappa shape index (κ2) is 5.55. The molecule has 0 aliphatic rings. The predicted molar refractivity (Wildman–Crippen MR) is 68.4 cm³/mol. The lowest BCUT2D eigenvalue weighted by Gasteiger charge is -1.98. The maximum Gasteiger partial charge on any atom is 0.325 e. The van der Waals surface area contributed by atoms with Crippen LogP contribution in [-0.2, 0) is 11.3 Å². The molecule has 0 aliphatic carbocycles. The molecular formula is C12H14N4O4. The minimum absolute atomic E-state index is 0.0847. The third-order valence-corrected chi connectivity index (χ3v) is 2.52. The van der Waals surface area contributed by atoms with Crippen molar-refractivity contribution in [1.29, 1.82) is 0 Å². The van der Waals surface area contributed by atoms with E-state index in [0.717, 1.165) is 0 Å². The number of hydrogen-bond acceptors (Lipinski definition) is 5. The number of amides is 1. The third kappa shape index (κ3) is 3.22. The first kappa shape index (κ1) is 13.8. The van der Waals surface area contributed by atoms with Crippen LogP contribution in [0.2, 0.25) is 0 Å². The zero-order valence-corrected chi connectivity index (χ0v) is 11.0. The fraction of sp³-hybridized carbons (Fsp3) is 0.333. The van der Waals surface area contributed by atoms with Crippen LogP contribution >= 0.6 is 0 Å². The number of carbonyl (C=O) groups excluding carboxylic acids is 1. The van der Waals surface area contributed by atoms with E-state index < -0.39 is 11.9 Å². The molecule has 0 saturated heterocycles. The van der Waals surface area contributed by atoms with Gasteiger partial charge in [0.2, 0.25) is 5.76 Å². The van der Waals surface area contributed by atoms with Gasteiger partial charge in [-0.3, -0.25) is 14.3 Å². The van der Waals surface area contributed by atoms with Gasteiger partial charge in [0.15, 0.2) is 5.82 Å². The van der Waals surface area contributed by atoms with Gasteiger partial charge in [-0.05, 0) is 5.92 Å². The zero-order valence-electron chi connectivity index (χ0n) is 11.0. The number of anilines is 1. The van der Waals surface area contributed by atoms with Gasteiger partial charge in [0.05, 0.1) is 5.69 Å². The highest BCUT2D eigenvalue weighted by Gasteiger charge is 2.16. The van der Waals surface area contributed by atoms with Gasteiger partial charge >= 0.3 is 5.97 Å². The number of nitrogens with zero attached hydrogens (tertiary/aromatic N) is 3. The highest BCUT2D eigenvalue weighted by atomic mass is 16.5. The van der Waals surface area contributed by atoms with Gasteiger partial charge in [-0.2, -0.15) is 5.10 Å². The molecule has 20 heavy (non-hydrogen) atoms. The van der Waals surface area contributed by atoms with Crippen LogP contribution in [-0.4, -0.2) is 31.9 Å². The molecule has 0 radical (unpaired) electrons. The van der Waals surface area contributed by atoms with E-state index in [9.17, 15) is 9.59 Å². The van der Waals surface area contributed by atoms with Crippen LogP contribution in [0.3, 0.4) is 0 Å². The fourth-order valence-electron chi connectivity index (χ4n) is 1.50. The van der Waals surface area contributed by atoms with E-state index in [-0.39, 0.29) is 24.0 Å². The lowest BCUT2D eigenvalue weighted by atomic mass is 10.1. The molecule has 0 spiro atoms. The molecule has 8 heteroatoms. The van der Waals surface area contributed by atoms with Crippen molar-refractivity contribution < 1.29 is 19.2 Å². The SMILES string of the molecule is CC(C)c1cc(C(=O)Nc2ccn(CC(=O)O)n2)on1. The first-order valence-corrected chi connectivity index (χ1v) is 5.99. The van der Waals surface area contributed by atoms with Crippen molar-refractivity contribution >= 4 is 17.7 Å². The summed E-state index contributed by atoms with van der Waals surface area (Å²) >= 11 is 0. The van der Waals surface area contributed by atoms with E-state index in [1.54, 1.807) is 6.07 Å². The second-order valence-corrected chi connectivity index (χ2v) is 4.52. The number of nitrogens with one attached hydrogen (secondary N) is 1. The summed E-state index contributed by atoms with van der Waals surface area (Å²) in [6.45, 7) is 3.61. The van der Waals surface area contributed by atoms with E-state index in [1.807, 2.05) is 13.8 Å². The van der Waals surface area contributed by atoms with E-state index in [0.29, 0.717) is 5.69 Å². The number of carboxylic acids is 1. The molecule has 2 N–H and O–H groups in total. The monoisotopic (exact) mass is 278 g/mol. The zero-order chi connectivity index (χ0) is 14.7. The van der Waals surface area contributed by atoms with E-state index in [2.05, 4.69) is 15.6 Å². The highest BCUT2D eigenvalue weighted by molar-refractivity contribution is 6.01. The Bertz CT molecular complexity index is 629. The maximum absolute atomic E-state index is 11.9. The Kier molecular flexibility index (Phi) is 3.83. The Labute approximate surface area is 114 Å². The molecule has 2 aromatic rings. The minimum Gasteiger partial charge on any atom is -0.480 e.